The molecule has 63 heavy (non-hydrogen) atoms. The molecule has 1 aromatic rings. The van der Waals surface area contributed by atoms with Crippen molar-refractivity contribution >= 4 is 34.8 Å². The van der Waals surface area contributed by atoms with E-state index in [1.54, 1.807) is 6.92 Å². The number of aliphatic carboxylic acids is 1. The fourth-order valence-corrected chi connectivity index (χ4v) is 12.2. The quantitative estimate of drug-likeness (QED) is 0.156. The van der Waals surface area contributed by atoms with Gasteiger partial charge in [-0.1, -0.05) is 73.6 Å². The van der Waals surface area contributed by atoms with E-state index >= 15 is 0 Å². The van der Waals surface area contributed by atoms with E-state index in [4.69, 9.17) is 35.9 Å². The topological polar surface area (TPSA) is 168 Å². The summed E-state index contributed by atoms with van der Waals surface area (Å²) >= 11 is 5.89. The van der Waals surface area contributed by atoms with Crippen LogP contribution in [0.1, 0.15) is 146 Å². The minimum absolute atomic E-state index is 0. The molecule has 12 nitrogen and oxygen atoms in total. The number of aliphatic hydroxyl groups is 2. The summed E-state index contributed by atoms with van der Waals surface area (Å²) in [6.07, 6.45) is 4.39. The van der Waals surface area contributed by atoms with Crippen LogP contribution in [0.15, 0.2) is 30.3 Å². The number of nitrogens with one attached hydrogen (secondary N) is 2. The number of ether oxygens (including phenoxy) is 5. The Morgan fingerprint density at radius 2 is 1.56 bits per heavy atom. The Labute approximate surface area is 404 Å². The van der Waals surface area contributed by atoms with Crippen LogP contribution in [0.25, 0.3) is 0 Å². The van der Waals surface area contributed by atoms with E-state index in [1.165, 1.54) is 0 Å². The van der Waals surface area contributed by atoms with Crippen molar-refractivity contribution in [2.45, 2.75) is 212 Å². The summed E-state index contributed by atoms with van der Waals surface area (Å²) in [5, 5.41) is 42.4. The van der Waals surface area contributed by atoms with Crippen molar-refractivity contribution in [3.05, 3.63) is 30.3 Å². The van der Waals surface area contributed by atoms with Crippen molar-refractivity contribution in [1.29, 1.82) is 0 Å². The molecule has 6 rings (SSSR count). The molecule has 2 spiro atoms. The Morgan fingerprint density at radius 3 is 2.17 bits per heavy atom. The third kappa shape index (κ3) is 10.9. The van der Waals surface area contributed by atoms with Crippen molar-refractivity contribution in [3.63, 3.8) is 0 Å². The first kappa shape index (κ1) is 52.7. The summed E-state index contributed by atoms with van der Waals surface area (Å²) < 4.78 is 35.1. The van der Waals surface area contributed by atoms with E-state index in [0.29, 0.717) is 69.3 Å². The van der Waals surface area contributed by atoms with Gasteiger partial charge < -0.3 is 54.4 Å². The van der Waals surface area contributed by atoms with Gasteiger partial charge in [0, 0.05) is 54.1 Å². The van der Waals surface area contributed by atoms with Crippen LogP contribution >= 0.6 is 12.2 Å². The number of carbonyl (C=O) groups is 2. The average molecular weight is 909 g/mol. The number of hydrogen-bond donors (Lipinski definition) is 4. The zero-order valence-electron chi connectivity index (χ0n) is 40.0. The molecule has 5 aliphatic rings. The van der Waals surface area contributed by atoms with Crippen molar-refractivity contribution in [3.8, 4) is 0 Å². The molecule has 0 radical (unpaired) electrons. The van der Waals surface area contributed by atoms with Crippen LogP contribution in [0.4, 0.5) is 5.69 Å². The molecule has 0 bridgehead atoms. The zero-order valence-corrected chi connectivity index (χ0v) is 42.8. The van der Waals surface area contributed by atoms with E-state index < -0.39 is 76.8 Å². The molecule has 0 saturated carbocycles. The zero-order chi connectivity index (χ0) is 45.4. The summed E-state index contributed by atoms with van der Waals surface area (Å²) in [7, 11) is 0. The molecule has 4 N–H and O–H groups in total. The maximum Gasteiger partial charge on any atom is 1.00 e. The van der Waals surface area contributed by atoms with Gasteiger partial charge >= 0.3 is 29.6 Å². The summed E-state index contributed by atoms with van der Waals surface area (Å²) in [6.45, 7) is 20.0. The van der Waals surface area contributed by atoms with Crippen LogP contribution < -0.4 is 45.3 Å². The molecular weight excluding hydrogens is 832 g/mol. The van der Waals surface area contributed by atoms with Crippen molar-refractivity contribution in [1.82, 2.24) is 5.32 Å². The van der Waals surface area contributed by atoms with E-state index in [0.717, 1.165) is 18.5 Å². The van der Waals surface area contributed by atoms with Gasteiger partial charge in [0.15, 0.2) is 16.7 Å². The monoisotopic (exact) mass is 909 g/mol. The van der Waals surface area contributed by atoms with Gasteiger partial charge in [-0.05, 0) is 114 Å². The molecule has 5 heterocycles. The van der Waals surface area contributed by atoms with E-state index in [-0.39, 0.29) is 71.3 Å². The first-order chi connectivity index (χ1) is 29.3. The standard InChI is InChI=1S/C49H78N2O10S.Na/c1-11-35(44(54)55)37-20-19-28(4)42(58-37)32(8)40(52)31(7)41(53)36(12-2)43-29(5)27-30(6)48(59-43)24-21-38(51-45(62)50-34-17-15-14-16-18-34)49(61-48)26-25-46(10,60-49)39-22-23-47(56,13-3)33(9)57-39;/h14-18,28-33,35-40,42-43,52,56H,11-13,19-27H2,1-10H3,(H,54,55)(H2,50,51,62);/q;+1/p-1/t28-,29-,30+,31-,32-,33-,35+,36-,37+,38-,39+,40+,42+,43-,46-,47+,48-,49-;/m0./s1. The van der Waals surface area contributed by atoms with Crippen LogP contribution in [0, 0.1) is 41.4 Å². The molecule has 0 aliphatic carbocycles. The fraction of sp³-hybridized carbons (Fsp3) is 0.816. The van der Waals surface area contributed by atoms with Crippen LogP contribution in [0.5, 0.6) is 0 Å². The predicted octanol–water partition coefficient (Wildman–Crippen LogP) is 4.08. The smallest absolute Gasteiger partial charge is 0.550 e. The molecule has 350 valence electrons. The van der Waals surface area contributed by atoms with Gasteiger partial charge in [-0.3, -0.25) is 4.79 Å². The number of anilines is 1. The molecule has 0 aromatic heterocycles. The maximum absolute atomic E-state index is 14.7. The number of carboxylic acids is 1. The SMILES string of the molecule is CC[C@@H](C(=O)[C@@H](C)[C@@H](O)[C@H](C)[C@@H]1O[C@@H]([C@@H](CC)C(=O)[O-])CC[C@@H]1C)[C@H]1O[C@]2(CC[C@H](NC(=S)Nc3ccccc3)[C@]3(CC[C@@](C)([C@H]4CC[C@](O)(CC)[C@H](C)O4)O3)O2)[C@H](C)C[C@@H]1C.[Na+]. The van der Waals surface area contributed by atoms with Gasteiger partial charge in [-0.25, -0.2) is 0 Å². The van der Waals surface area contributed by atoms with Gasteiger partial charge in [0.1, 0.15) is 5.78 Å². The number of benzene rings is 1. The summed E-state index contributed by atoms with van der Waals surface area (Å²) in [6, 6.07) is 9.46. The van der Waals surface area contributed by atoms with E-state index in [1.807, 2.05) is 65.0 Å². The number of rotatable bonds is 14. The fourth-order valence-electron chi connectivity index (χ4n) is 11.9. The molecule has 0 unspecified atom stereocenters. The van der Waals surface area contributed by atoms with Gasteiger partial charge in [-0.2, -0.15) is 0 Å². The summed E-state index contributed by atoms with van der Waals surface area (Å²) in [4.78, 5) is 26.6. The number of thiocarbonyl (C=S) groups is 1. The second kappa shape index (κ2) is 21.4. The Hall–Kier alpha value is -1.23. The number of carboxylic acid groups (broad SMARTS) is 1. The van der Waals surface area contributed by atoms with E-state index in [2.05, 4.69) is 38.3 Å². The second-order valence-electron chi connectivity index (χ2n) is 20.2. The Kier molecular flexibility index (Phi) is 17.9. The molecule has 5 fully saturated rings. The average Bonchev–Trinajstić information content (AvgIpc) is 3.59. The van der Waals surface area contributed by atoms with E-state index in [9.17, 15) is 24.9 Å². The molecule has 5 saturated heterocycles. The second-order valence-corrected chi connectivity index (χ2v) is 20.6. The molecule has 0 amide bonds. The van der Waals surface area contributed by atoms with Gasteiger partial charge in [-0.15, -0.1) is 0 Å². The maximum atomic E-state index is 14.7. The first-order valence-corrected chi connectivity index (χ1v) is 24.3. The van der Waals surface area contributed by atoms with Gasteiger partial charge in [0.05, 0.1) is 53.9 Å². The Morgan fingerprint density at radius 1 is 0.873 bits per heavy atom. The van der Waals surface area contributed by atoms with Gasteiger partial charge in [0.2, 0.25) is 0 Å². The molecule has 14 heteroatoms. The Balaban J connectivity index is 0.00000748. The normalized spacial score (nSPS) is 40.5. The van der Waals surface area contributed by atoms with Crippen LogP contribution in [-0.2, 0) is 33.3 Å². The predicted molar refractivity (Wildman–Crippen MR) is 240 cm³/mol. The van der Waals surface area contributed by atoms with Crippen molar-refractivity contribution in [2.75, 3.05) is 5.32 Å². The summed E-state index contributed by atoms with van der Waals surface area (Å²) in [5.41, 5.74) is -0.729. The third-order valence-corrected chi connectivity index (χ3v) is 16.4. The first-order valence-electron chi connectivity index (χ1n) is 23.9. The molecule has 5 aliphatic heterocycles. The number of carbonyl (C=O) groups excluding carboxylic acids is 2. The minimum Gasteiger partial charge on any atom is -0.550 e. The van der Waals surface area contributed by atoms with Crippen molar-refractivity contribution < 1.29 is 78.2 Å². The Bertz CT molecular complexity index is 1710. The number of aliphatic hydroxyl groups excluding tert-OH is 1. The minimum atomic E-state index is -1.15. The largest absolute Gasteiger partial charge is 1.00 e. The number of hydrogen-bond acceptors (Lipinski definition) is 11. The number of para-hydroxylation sites is 1. The molecule has 18 atom stereocenters. The number of ketones is 1. The van der Waals surface area contributed by atoms with Crippen molar-refractivity contribution in [2.24, 2.45) is 41.4 Å². The third-order valence-electron chi connectivity index (χ3n) is 16.2. The molecular formula is C49H77N2NaO10S. The number of Topliss-reactive ketones (excluding diaryl/α,β-unsaturated/α-hetero) is 1. The molecule has 1 aromatic carbocycles. The van der Waals surface area contributed by atoms with Crippen LogP contribution in [-0.4, -0.2) is 92.5 Å². The van der Waals surface area contributed by atoms with Crippen LogP contribution in [0.2, 0.25) is 0 Å². The summed E-state index contributed by atoms with van der Waals surface area (Å²) in [5.74, 6) is -5.63. The van der Waals surface area contributed by atoms with Crippen LogP contribution in [0.3, 0.4) is 0 Å². The van der Waals surface area contributed by atoms with Gasteiger partial charge in [0.25, 0.3) is 0 Å².